The van der Waals surface area contributed by atoms with Crippen LogP contribution in [0.1, 0.15) is 26.2 Å². The Morgan fingerprint density at radius 1 is 1.50 bits per heavy atom. The van der Waals surface area contributed by atoms with Crippen molar-refractivity contribution in [2.75, 3.05) is 11.4 Å². The van der Waals surface area contributed by atoms with Gasteiger partial charge in [-0.1, -0.05) is 0 Å². The van der Waals surface area contributed by atoms with Crippen molar-refractivity contribution in [3.63, 3.8) is 0 Å². The molecule has 2 heterocycles. The number of pyridine rings is 1. The van der Waals surface area contributed by atoms with Crippen LogP contribution >= 0.6 is 0 Å². The van der Waals surface area contributed by atoms with E-state index in [1.54, 1.807) is 13.0 Å². The first-order valence-electron chi connectivity index (χ1n) is 5.57. The number of hydrogen-bond acceptors (Lipinski definition) is 3. The molecule has 0 aromatic carbocycles. The van der Waals surface area contributed by atoms with Gasteiger partial charge in [0.15, 0.2) is 5.78 Å². The number of ketones is 1. The Morgan fingerprint density at radius 3 is 2.94 bits per heavy atom. The number of carbonyl (C=O) groups is 1. The highest BCUT2D eigenvalue weighted by atomic mass is 19.1. The molecule has 1 fully saturated rings. The zero-order valence-electron chi connectivity index (χ0n) is 9.32. The molecule has 0 radical (unpaired) electrons. The Kier molecular flexibility index (Phi) is 3.17. The zero-order chi connectivity index (χ0) is 11.5. The van der Waals surface area contributed by atoms with Crippen molar-refractivity contribution in [3.8, 4) is 0 Å². The molecular weight excluding hydrogens is 207 g/mol. The number of halogens is 1. The summed E-state index contributed by atoms with van der Waals surface area (Å²) in [6, 6.07) is 2.93. The van der Waals surface area contributed by atoms with Crippen LogP contribution in [0.2, 0.25) is 0 Å². The van der Waals surface area contributed by atoms with Crippen LogP contribution in [0.25, 0.3) is 0 Å². The van der Waals surface area contributed by atoms with Gasteiger partial charge in [-0.25, -0.2) is 9.37 Å². The Bertz CT molecular complexity index is 377. The van der Waals surface area contributed by atoms with Crippen LogP contribution in [0.15, 0.2) is 18.3 Å². The SMILES string of the molecule is CC(=O)C1CCCCN1c1ccc(F)cn1. The standard InChI is InChI=1S/C12H15FN2O/c1-9(16)11-4-2-3-7-15(11)12-6-5-10(13)8-14-12/h5-6,8,11H,2-4,7H2,1H3. The van der Waals surface area contributed by atoms with Gasteiger partial charge in [-0.2, -0.15) is 0 Å². The first kappa shape index (κ1) is 11.0. The van der Waals surface area contributed by atoms with Crippen molar-refractivity contribution in [2.24, 2.45) is 0 Å². The summed E-state index contributed by atoms with van der Waals surface area (Å²) >= 11 is 0. The second-order valence-corrected chi connectivity index (χ2v) is 4.15. The third-order valence-corrected chi connectivity index (χ3v) is 2.98. The lowest BCUT2D eigenvalue weighted by atomic mass is 9.99. The number of anilines is 1. The summed E-state index contributed by atoms with van der Waals surface area (Å²) in [5, 5.41) is 0. The van der Waals surface area contributed by atoms with Crippen molar-refractivity contribution in [2.45, 2.75) is 32.2 Å². The predicted octanol–water partition coefficient (Wildman–Crippen LogP) is 2.17. The van der Waals surface area contributed by atoms with Gasteiger partial charge in [-0.05, 0) is 38.3 Å². The number of Topliss-reactive ketones (excluding diaryl/α,β-unsaturated/α-hetero) is 1. The molecule has 4 heteroatoms. The van der Waals surface area contributed by atoms with Gasteiger partial charge in [-0.3, -0.25) is 4.79 Å². The molecule has 86 valence electrons. The summed E-state index contributed by atoms with van der Waals surface area (Å²) in [6.07, 6.45) is 4.19. The smallest absolute Gasteiger partial charge is 0.152 e. The van der Waals surface area contributed by atoms with Gasteiger partial charge >= 0.3 is 0 Å². The normalized spacial score (nSPS) is 20.9. The first-order chi connectivity index (χ1) is 7.68. The Hall–Kier alpha value is -1.45. The molecule has 0 N–H and O–H groups in total. The summed E-state index contributed by atoms with van der Waals surface area (Å²) in [4.78, 5) is 17.5. The van der Waals surface area contributed by atoms with Crippen LogP contribution in [0, 0.1) is 5.82 Å². The average molecular weight is 222 g/mol. The number of nitrogens with zero attached hydrogens (tertiary/aromatic N) is 2. The maximum absolute atomic E-state index is 12.8. The van der Waals surface area contributed by atoms with E-state index in [1.165, 1.54) is 12.3 Å². The molecule has 0 aliphatic carbocycles. The van der Waals surface area contributed by atoms with E-state index in [9.17, 15) is 9.18 Å². The fraction of sp³-hybridized carbons (Fsp3) is 0.500. The highest BCUT2D eigenvalue weighted by molar-refractivity contribution is 5.84. The molecule has 16 heavy (non-hydrogen) atoms. The predicted molar refractivity (Wildman–Crippen MR) is 59.9 cm³/mol. The van der Waals surface area contributed by atoms with Crippen molar-refractivity contribution in [3.05, 3.63) is 24.1 Å². The van der Waals surface area contributed by atoms with Crippen LogP contribution in [0.5, 0.6) is 0 Å². The average Bonchev–Trinajstić information content (AvgIpc) is 2.30. The van der Waals surface area contributed by atoms with Crippen LogP contribution < -0.4 is 4.90 Å². The lowest BCUT2D eigenvalue weighted by molar-refractivity contribution is -0.118. The van der Waals surface area contributed by atoms with Crippen molar-refractivity contribution in [1.29, 1.82) is 0 Å². The molecule has 1 aliphatic heterocycles. The van der Waals surface area contributed by atoms with Gasteiger partial charge in [0, 0.05) is 6.54 Å². The van der Waals surface area contributed by atoms with Crippen molar-refractivity contribution in [1.82, 2.24) is 4.98 Å². The summed E-state index contributed by atoms with van der Waals surface area (Å²) in [5.74, 6) is 0.507. The number of rotatable bonds is 2. The van der Waals surface area contributed by atoms with Gasteiger partial charge in [0.05, 0.1) is 12.2 Å². The van der Waals surface area contributed by atoms with Crippen LogP contribution in [-0.2, 0) is 4.79 Å². The highest BCUT2D eigenvalue weighted by Gasteiger charge is 2.26. The van der Waals surface area contributed by atoms with Crippen LogP contribution in [0.4, 0.5) is 10.2 Å². The van der Waals surface area contributed by atoms with E-state index in [4.69, 9.17) is 0 Å². The molecule has 1 saturated heterocycles. The second kappa shape index (κ2) is 4.60. The Labute approximate surface area is 94.3 Å². The van der Waals surface area contributed by atoms with Crippen LogP contribution in [0.3, 0.4) is 0 Å². The fourth-order valence-electron chi connectivity index (χ4n) is 2.17. The van der Waals surface area contributed by atoms with Gasteiger partial charge in [0.1, 0.15) is 11.6 Å². The summed E-state index contributed by atoms with van der Waals surface area (Å²) in [5.41, 5.74) is 0. The minimum absolute atomic E-state index is 0.0910. The maximum atomic E-state index is 12.8. The molecule has 1 aliphatic rings. The fourth-order valence-corrected chi connectivity index (χ4v) is 2.17. The largest absolute Gasteiger partial charge is 0.347 e. The van der Waals surface area contributed by atoms with E-state index >= 15 is 0 Å². The summed E-state index contributed by atoms with van der Waals surface area (Å²) < 4.78 is 12.8. The molecule has 0 saturated carbocycles. The molecule has 1 atom stereocenters. The molecule has 0 bridgehead atoms. The minimum Gasteiger partial charge on any atom is -0.347 e. The van der Waals surface area contributed by atoms with E-state index in [1.807, 2.05) is 4.90 Å². The van der Waals surface area contributed by atoms with E-state index in [0.717, 1.165) is 25.8 Å². The lowest BCUT2D eigenvalue weighted by Crippen LogP contribution is -2.44. The van der Waals surface area contributed by atoms with E-state index in [-0.39, 0.29) is 17.6 Å². The number of piperidine rings is 1. The van der Waals surface area contributed by atoms with Gasteiger partial charge in [0.2, 0.25) is 0 Å². The number of carbonyl (C=O) groups excluding carboxylic acids is 1. The second-order valence-electron chi connectivity index (χ2n) is 4.15. The number of aromatic nitrogens is 1. The molecule has 1 unspecified atom stereocenters. The lowest BCUT2D eigenvalue weighted by Gasteiger charge is -2.35. The first-order valence-corrected chi connectivity index (χ1v) is 5.57. The van der Waals surface area contributed by atoms with Crippen molar-refractivity contribution < 1.29 is 9.18 Å². The maximum Gasteiger partial charge on any atom is 0.152 e. The minimum atomic E-state index is -0.347. The zero-order valence-corrected chi connectivity index (χ0v) is 9.32. The molecule has 0 spiro atoms. The van der Waals surface area contributed by atoms with Crippen molar-refractivity contribution >= 4 is 11.6 Å². The van der Waals surface area contributed by atoms with Gasteiger partial charge in [0.25, 0.3) is 0 Å². The third-order valence-electron chi connectivity index (χ3n) is 2.98. The Balaban J connectivity index is 2.23. The number of hydrogen-bond donors (Lipinski definition) is 0. The molecule has 3 nitrogen and oxygen atoms in total. The van der Waals surface area contributed by atoms with Gasteiger partial charge in [-0.15, -0.1) is 0 Å². The molecule has 2 rings (SSSR count). The Morgan fingerprint density at radius 2 is 2.31 bits per heavy atom. The van der Waals surface area contributed by atoms with E-state index in [2.05, 4.69) is 4.98 Å². The monoisotopic (exact) mass is 222 g/mol. The molecule has 1 aromatic heterocycles. The molecular formula is C12H15FN2O. The third kappa shape index (κ3) is 2.21. The highest BCUT2D eigenvalue weighted by Crippen LogP contribution is 2.23. The topological polar surface area (TPSA) is 33.2 Å². The summed E-state index contributed by atoms with van der Waals surface area (Å²) in [7, 11) is 0. The quantitative estimate of drug-likeness (QED) is 0.768. The van der Waals surface area contributed by atoms with E-state index < -0.39 is 0 Å². The van der Waals surface area contributed by atoms with E-state index in [0.29, 0.717) is 5.82 Å². The van der Waals surface area contributed by atoms with Crippen LogP contribution in [-0.4, -0.2) is 23.4 Å². The molecule has 1 aromatic rings. The summed E-state index contributed by atoms with van der Waals surface area (Å²) in [6.45, 7) is 2.43. The molecule has 0 amide bonds. The van der Waals surface area contributed by atoms with Gasteiger partial charge < -0.3 is 4.90 Å².